The molecule has 2 rings (SSSR count). The van der Waals surface area contributed by atoms with Crippen molar-refractivity contribution < 1.29 is 19.2 Å². The number of carbonyl (C=O) groups is 4. The average molecular weight is 282 g/mol. The van der Waals surface area contributed by atoms with E-state index in [-0.39, 0.29) is 0 Å². The van der Waals surface area contributed by atoms with E-state index in [1.54, 1.807) is 13.8 Å². The molecule has 0 unspecified atom stereocenters. The molecule has 0 atom stereocenters. The molecule has 2 aliphatic heterocycles. The molecule has 20 heavy (non-hydrogen) atoms. The van der Waals surface area contributed by atoms with Crippen molar-refractivity contribution in [3.8, 4) is 0 Å². The van der Waals surface area contributed by atoms with Crippen LogP contribution in [0.3, 0.4) is 0 Å². The van der Waals surface area contributed by atoms with E-state index < -0.39 is 35.2 Å². The number of likely N-dealkylation sites (N-methyl/N-ethyl adjacent to an activating group) is 2. The number of amides is 6. The van der Waals surface area contributed by atoms with Crippen molar-refractivity contribution in [1.29, 1.82) is 0 Å². The maximum atomic E-state index is 12.3. The van der Waals surface area contributed by atoms with Crippen LogP contribution in [-0.4, -0.2) is 68.9 Å². The second-order valence-electron chi connectivity index (χ2n) is 5.43. The number of hydrogen-bond acceptors (Lipinski definition) is 4. The van der Waals surface area contributed by atoms with Crippen LogP contribution in [0.1, 0.15) is 27.7 Å². The van der Waals surface area contributed by atoms with E-state index >= 15 is 0 Å². The van der Waals surface area contributed by atoms with Gasteiger partial charge in [-0.3, -0.25) is 9.59 Å². The largest absolute Gasteiger partial charge is 0.330 e. The van der Waals surface area contributed by atoms with E-state index in [2.05, 4.69) is 0 Å². The number of carbonyl (C=O) groups excluding carboxylic acids is 4. The van der Waals surface area contributed by atoms with Crippen molar-refractivity contribution >= 4 is 23.9 Å². The summed E-state index contributed by atoms with van der Waals surface area (Å²) in [6.07, 6.45) is 0. The first-order chi connectivity index (χ1) is 9.02. The first-order valence-corrected chi connectivity index (χ1v) is 6.20. The lowest BCUT2D eigenvalue weighted by Crippen LogP contribution is -2.65. The second-order valence-corrected chi connectivity index (χ2v) is 5.43. The predicted octanol–water partition coefficient (Wildman–Crippen LogP) is 0.247. The van der Waals surface area contributed by atoms with Gasteiger partial charge in [0.25, 0.3) is 0 Å². The molecule has 0 aliphatic carbocycles. The van der Waals surface area contributed by atoms with Crippen molar-refractivity contribution in [2.45, 2.75) is 39.0 Å². The normalized spacial score (nSPS) is 33.1. The van der Waals surface area contributed by atoms with Gasteiger partial charge >= 0.3 is 12.1 Å². The zero-order valence-electron chi connectivity index (χ0n) is 12.4. The Morgan fingerprint density at radius 2 is 1.10 bits per heavy atom. The van der Waals surface area contributed by atoms with Crippen LogP contribution >= 0.6 is 0 Å². The van der Waals surface area contributed by atoms with Crippen LogP contribution in [0.2, 0.25) is 0 Å². The minimum atomic E-state index is -1.37. The van der Waals surface area contributed by atoms with Gasteiger partial charge in [0, 0.05) is 27.9 Å². The first-order valence-electron chi connectivity index (χ1n) is 6.20. The van der Waals surface area contributed by atoms with Crippen LogP contribution in [0.15, 0.2) is 0 Å². The monoisotopic (exact) mass is 282 g/mol. The Kier molecular flexibility index (Phi) is 2.65. The molecule has 2 aliphatic rings. The lowest BCUT2D eigenvalue weighted by Gasteiger charge is -2.42. The summed E-state index contributed by atoms with van der Waals surface area (Å²) >= 11 is 0. The highest BCUT2D eigenvalue weighted by Crippen LogP contribution is 2.49. The summed E-state index contributed by atoms with van der Waals surface area (Å²) in [6, 6.07) is -1.07. The van der Waals surface area contributed by atoms with Gasteiger partial charge < -0.3 is 9.80 Å². The smallest absolute Gasteiger partial charge is 0.300 e. The Morgan fingerprint density at radius 3 is 1.35 bits per heavy atom. The fourth-order valence-electron chi connectivity index (χ4n) is 3.31. The summed E-state index contributed by atoms with van der Waals surface area (Å²) in [6.45, 7) is 5.70. The maximum absolute atomic E-state index is 12.3. The predicted molar refractivity (Wildman–Crippen MR) is 68.2 cm³/mol. The highest BCUT2D eigenvalue weighted by molar-refractivity contribution is 6.04. The Labute approximate surface area is 116 Å². The number of fused-ring (bicyclic) bond motifs is 1. The van der Waals surface area contributed by atoms with Gasteiger partial charge in [-0.05, 0) is 13.8 Å². The van der Waals surface area contributed by atoms with E-state index in [1.165, 1.54) is 37.7 Å². The molecule has 0 spiro atoms. The number of urea groups is 2. The van der Waals surface area contributed by atoms with Crippen LogP contribution < -0.4 is 0 Å². The van der Waals surface area contributed by atoms with Gasteiger partial charge in [-0.25, -0.2) is 19.4 Å². The molecule has 110 valence electrons. The van der Waals surface area contributed by atoms with Crippen molar-refractivity contribution in [3.05, 3.63) is 0 Å². The molecule has 2 heterocycles. The third-order valence-electron chi connectivity index (χ3n) is 4.66. The van der Waals surface area contributed by atoms with Crippen LogP contribution in [0.5, 0.6) is 0 Å². The van der Waals surface area contributed by atoms with Gasteiger partial charge in [0.05, 0.1) is 0 Å². The summed E-state index contributed by atoms with van der Waals surface area (Å²) in [7, 11) is 3.02. The van der Waals surface area contributed by atoms with E-state index in [1.807, 2.05) is 0 Å². The average Bonchev–Trinajstić information content (AvgIpc) is 2.57. The zero-order valence-corrected chi connectivity index (χ0v) is 12.4. The Balaban J connectivity index is 2.77. The molecule has 0 aromatic rings. The Bertz CT molecular complexity index is 504. The van der Waals surface area contributed by atoms with E-state index in [0.717, 1.165) is 9.80 Å². The Morgan fingerprint density at radius 1 is 0.800 bits per heavy atom. The molecule has 0 N–H and O–H groups in total. The van der Waals surface area contributed by atoms with Crippen molar-refractivity contribution in [2.75, 3.05) is 14.1 Å². The van der Waals surface area contributed by atoms with Crippen LogP contribution in [0.4, 0.5) is 9.59 Å². The van der Waals surface area contributed by atoms with Crippen LogP contribution in [-0.2, 0) is 9.59 Å². The molecular formula is C12H18N4O4. The Hall–Kier alpha value is -2.12. The van der Waals surface area contributed by atoms with Gasteiger partial charge in [-0.2, -0.15) is 0 Å². The minimum absolute atomic E-state index is 0.512. The standard InChI is InChI=1S/C12H18N4O4/c1-7(17)15-9(19)13(5)11(3)12(15,4)16(8(2)18)10(20)14(11)6/h1-6H3. The molecule has 0 saturated carbocycles. The van der Waals surface area contributed by atoms with E-state index in [0.29, 0.717) is 0 Å². The number of rotatable bonds is 0. The fourth-order valence-corrected chi connectivity index (χ4v) is 3.31. The summed E-state index contributed by atoms with van der Waals surface area (Å²) in [5.41, 5.74) is -2.49. The van der Waals surface area contributed by atoms with E-state index in [9.17, 15) is 19.2 Å². The number of imide groups is 2. The van der Waals surface area contributed by atoms with Crippen LogP contribution in [0, 0.1) is 0 Å². The molecule has 0 aromatic carbocycles. The van der Waals surface area contributed by atoms with Crippen molar-refractivity contribution in [2.24, 2.45) is 0 Å². The van der Waals surface area contributed by atoms with Gasteiger partial charge in [0.15, 0.2) is 11.3 Å². The third kappa shape index (κ3) is 1.17. The van der Waals surface area contributed by atoms with E-state index in [4.69, 9.17) is 0 Å². The quantitative estimate of drug-likeness (QED) is 0.637. The van der Waals surface area contributed by atoms with Gasteiger partial charge in [-0.15, -0.1) is 0 Å². The highest BCUT2D eigenvalue weighted by atomic mass is 16.2. The van der Waals surface area contributed by atoms with Crippen molar-refractivity contribution in [1.82, 2.24) is 19.6 Å². The molecule has 8 nitrogen and oxygen atoms in total. The van der Waals surface area contributed by atoms with Crippen molar-refractivity contribution in [3.63, 3.8) is 0 Å². The highest BCUT2D eigenvalue weighted by Gasteiger charge is 2.74. The minimum Gasteiger partial charge on any atom is -0.300 e. The molecule has 6 amide bonds. The summed E-state index contributed by atoms with van der Waals surface area (Å²) in [5.74, 6) is -1.02. The molecule has 2 fully saturated rings. The van der Waals surface area contributed by atoms with Crippen LogP contribution in [0.25, 0.3) is 0 Å². The topological polar surface area (TPSA) is 81.2 Å². The third-order valence-corrected chi connectivity index (χ3v) is 4.66. The summed E-state index contributed by atoms with van der Waals surface area (Å²) in [4.78, 5) is 53.0. The zero-order chi connectivity index (χ0) is 15.6. The van der Waals surface area contributed by atoms with Gasteiger partial charge in [0.2, 0.25) is 11.8 Å². The molecule has 0 radical (unpaired) electrons. The molecule has 8 heteroatoms. The number of nitrogens with zero attached hydrogens (tertiary/aromatic N) is 4. The first kappa shape index (κ1) is 14.3. The lowest BCUT2D eigenvalue weighted by molar-refractivity contribution is -0.144. The summed E-state index contributed by atoms with van der Waals surface area (Å²) < 4.78 is 0. The molecular weight excluding hydrogens is 264 g/mol. The lowest BCUT2D eigenvalue weighted by atomic mass is 9.95. The second kappa shape index (κ2) is 3.71. The van der Waals surface area contributed by atoms with Gasteiger partial charge in [0.1, 0.15) is 0 Å². The number of hydrogen-bond donors (Lipinski definition) is 0. The van der Waals surface area contributed by atoms with Gasteiger partial charge in [-0.1, -0.05) is 0 Å². The maximum Gasteiger partial charge on any atom is 0.330 e. The summed E-state index contributed by atoms with van der Waals surface area (Å²) in [5, 5.41) is 0. The SMILES string of the molecule is CC(=O)N1C(=O)N(C)C2(C)N(C)C(=O)N(C(C)=O)C12C. The molecule has 0 bridgehead atoms. The fraction of sp³-hybridized carbons (Fsp3) is 0.667. The molecule has 0 aromatic heterocycles. The molecule has 2 saturated heterocycles.